The Morgan fingerprint density at radius 1 is 0.824 bits per heavy atom. The van der Waals surface area contributed by atoms with E-state index in [9.17, 15) is 31.1 Å². The number of alkyl halides is 6. The molecule has 51 heavy (non-hydrogen) atoms. The summed E-state index contributed by atoms with van der Waals surface area (Å²) in [6.45, 7) is 1.86. The van der Waals surface area contributed by atoms with Crippen LogP contribution in [-0.4, -0.2) is 83.2 Å². The number of ether oxygens (including phenoxy) is 3. The van der Waals surface area contributed by atoms with Gasteiger partial charge in [0.2, 0.25) is 0 Å². The molecule has 0 radical (unpaired) electrons. The fourth-order valence-corrected chi connectivity index (χ4v) is 4.18. The molecule has 0 bridgehead atoms. The predicted octanol–water partition coefficient (Wildman–Crippen LogP) is 5.37. The molecule has 278 valence electrons. The lowest BCUT2D eigenvalue weighted by Crippen LogP contribution is -2.42. The Hall–Kier alpha value is -5.52. The molecule has 3 aromatic carbocycles. The molecule has 18 heteroatoms. The van der Waals surface area contributed by atoms with E-state index in [4.69, 9.17) is 50.9 Å². The number of hydrogen-bond acceptors (Lipinski definition) is 8. The van der Waals surface area contributed by atoms with Gasteiger partial charge >= 0.3 is 30.4 Å². The molecule has 1 saturated heterocycles. The fraction of sp³-hybridized carbons (Fsp3) is 0.333. The van der Waals surface area contributed by atoms with Crippen molar-refractivity contribution in [3.63, 3.8) is 0 Å². The number of carbonyl (C=O) groups is 3. The molecule has 0 spiro atoms. The van der Waals surface area contributed by atoms with Crippen LogP contribution in [0.5, 0.6) is 11.5 Å². The molecule has 1 atom stereocenters. The van der Waals surface area contributed by atoms with Crippen LogP contribution in [-0.2, 0) is 27.4 Å². The molecule has 4 rings (SSSR count). The highest BCUT2D eigenvalue weighted by Crippen LogP contribution is 2.21. The van der Waals surface area contributed by atoms with Crippen molar-refractivity contribution in [3.8, 4) is 11.5 Å². The monoisotopic (exact) mass is 730 g/mol. The van der Waals surface area contributed by atoms with Crippen molar-refractivity contribution in [3.05, 3.63) is 95.6 Å². The first-order valence-electron chi connectivity index (χ1n) is 15.0. The minimum Gasteiger partial charge on any atom is -0.492 e. The Morgan fingerprint density at radius 2 is 1.37 bits per heavy atom. The summed E-state index contributed by atoms with van der Waals surface area (Å²) in [4.78, 5) is 31.9. The number of carbonyl (C=O) groups excluding carboxylic acids is 1. The van der Waals surface area contributed by atoms with Gasteiger partial charge in [-0.05, 0) is 41.8 Å². The van der Waals surface area contributed by atoms with E-state index >= 15 is 0 Å². The lowest BCUT2D eigenvalue weighted by Gasteiger charge is -2.31. The number of nitrogens with one attached hydrogen (secondary N) is 1. The Bertz CT molecular complexity index is 1540. The molecule has 7 N–H and O–H groups in total. The summed E-state index contributed by atoms with van der Waals surface area (Å²) in [5.41, 5.74) is 14.5. The summed E-state index contributed by atoms with van der Waals surface area (Å²) in [5, 5.41) is 21.8. The number of halogens is 6. The van der Waals surface area contributed by atoms with E-state index in [1.54, 1.807) is 23.1 Å². The number of aliphatic carboxylic acids is 2. The summed E-state index contributed by atoms with van der Waals surface area (Å²) in [6, 6.07) is 24.6. The molecule has 0 saturated carbocycles. The Labute approximate surface area is 288 Å². The molecular weight excluding hydrogens is 694 g/mol. The minimum absolute atomic E-state index is 0.00366. The number of hydrogen-bond donors (Lipinski definition) is 5. The van der Waals surface area contributed by atoms with E-state index in [2.05, 4.69) is 0 Å². The first-order chi connectivity index (χ1) is 23.8. The second kappa shape index (κ2) is 19.6. The third-order valence-corrected chi connectivity index (χ3v) is 6.72. The predicted molar refractivity (Wildman–Crippen MR) is 170 cm³/mol. The second-order valence-electron chi connectivity index (χ2n) is 10.8. The number of benzene rings is 3. The van der Waals surface area contributed by atoms with E-state index < -0.39 is 24.3 Å². The zero-order valence-corrected chi connectivity index (χ0v) is 26.8. The van der Waals surface area contributed by atoms with Crippen molar-refractivity contribution in [2.75, 3.05) is 19.7 Å². The quantitative estimate of drug-likeness (QED) is 0.103. The van der Waals surface area contributed by atoms with E-state index in [0.29, 0.717) is 37.4 Å². The van der Waals surface area contributed by atoms with Crippen molar-refractivity contribution < 1.29 is 65.1 Å². The average Bonchev–Trinajstić information content (AvgIpc) is 3.08. The van der Waals surface area contributed by atoms with E-state index in [0.717, 1.165) is 29.7 Å². The molecule has 0 unspecified atom stereocenters. The van der Waals surface area contributed by atoms with Gasteiger partial charge in [-0.25, -0.2) is 14.4 Å². The molecule has 1 aliphatic rings. The maximum Gasteiger partial charge on any atom is 0.490 e. The lowest BCUT2D eigenvalue weighted by atomic mass is 10.1. The molecule has 3 aromatic rings. The van der Waals surface area contributed by atoms with E-state index in [-0.39, 0.29) is 30.7 Å². The van der Waals surface area contributed by atoms with Crippen molar-refractivity contribution in [1.29, 1.82) is 5.41 Å². The molecule has 1 fully saturated rings. The van der Waals surface area contributed by atoms with Crippen molar-refractivity contribution in [1.82, 2.24) is 4.90 Å². The van der Waals surface area contributed by atoms with Crippen LogP contribution >= 0.6 is 0 Å². The maximum atomic E-state index is 12.4. The van der Waals surface area contributed by atoms with Gasteiger partial charge in [-0.3, -0.25) is 5.41 Å². The highest BCUT2D eigenvalue weighted by Gasteiger charge is 2.39. The van der Waals surface area contributed by atoms with Gasteiger partial charge in [-0.1, -0.05) is 54.6 Å². The number of carboxylic acids is 2. The van der Waals surface area contributed by atoms with Crippen molar-refractivity contribution in [2.24, 2.45) is 11.5 Å². The SMILES string of the molecule is N=C(N)c1cccc(OC[C@@H](N)Cc2ccc(OC3CCN(C(=O)OCc4ccccc4)CC3)cc2)c1.O=C(O)C(F)(F)F.O=C(O)C(F)(F)F. The minimum atomic E-state index is -5.08. The summed E-state index contributed by atoms with van der Waals surface area (Å²) in [7, 11) is 0. The highest BCUT2D eigenvalue weighted by atomic mass is 19.4. The van der Waals surface area contributed by atoms with Crippen LogP contribution in [0.25, 0.3) is 0 Å². The molecule has 1 aliphatic heterocycles. The van der Waals surface area contributed by atoms with Gasteiger partial charge in [0, 0.05) is 37.5 Å². The van der Waals surface area contributed by atoms with Gasteiger partial charge < -0.3 is 40.8 Å². The summed E-state index contributed by atoms with van der Waals surface area (Å²) in [5.74, 6) is -4.06. The number of rotatable bonds is 10. The van der Waals surface area contributed by atoms with Crippen LogP contribution in [0.2, 0.25) is 0 Å². The number of carboxylic acid groups (broad SMARTS) is 2. The van der Waals surface area contributed by atoms with Gasteiger partial charge in [0.15, 0.2) is 0 Å². The Kier molecular flexibility index (Phi) is 16.0. The zero-order chi connectivity index (χ0) is 38.2. The average molecular weight is 731 g/mol. The number of amides is 1. The molecule has 0 aromatic heterocycles. The third kappa shape index (κ3) is 16.2. The van der Waals surface area contributed by atoms with Crippen molar-refractivity contribution in [2.45, 2.75) is 50.4 Å². The first kappa shape index (κ1) is 41.7. The van der Waals surface area contributed by atoms with Crippen LogP contribution < -0.4 is 20.9 Å². The summed E-state index contributed by atoms with van der Waals surface area (Å²) in [6.07, 6.45) is -8.20. The molecule has 1 heterocycles. The number of nitrogens with two attached hydrogens (primary N) is 2. The molecule has 0 aliphatic carbocycles. The van der Waals surface area contributed by atoms with Crippen LogP contribution in [0.4, 0.5) is 31.1 Å². The summed E-state index contributed by atoms with van der Waals surface area (Å²) < 4.78 is 80.8. The maximum absolute atomic E-state index is 12.4. The second-order valence-corrected chi connectivity index (χ2v) is 10.8. The Balaban J connectivity index is 0.000000543. The van der Waals surface area contributed by atoms with Gasteiger partial charge in [0.25, 0.3) is 0 Å². The first-order valence-corrected chi connectivity index (χ1v) is 15.0. The van der Waals surface area contributed by atoms with Crippen molar-refractivity contribution >= 4 is 23.9 Å². The van der Waals surface area contributed by atoms with Crippen LogP contribution in [0, 0.1) is 5.41 Å². The van der Waals surface area contributed by atoms with Crippen LogP contribution in [0.3, 0.4) is 0 Å². The topological polar surface area (TPSA) is 198 Å². The Morgan fingerprint density at radius 3 is 1.88 bits per heavy atom. The fourth-order valence-electron chi connectivity index (χ4n) is 4.18. The number of piperidine rings is 1. The molecule has 12 nitrogen and oxygen atoms in total. The summed E-state index contributed by atoms with van der Waals surface area (Å²) >= 11 is 0. The third-order valence-electron chi connectivity index (χ3n) is 6.72. The molecular formula is C33H36F6N4O8. The van der Waals surface area contributed by atoms with Gasteiger partial charge in [0.05, 0.1) is 0 Å². The number of nitrogen functional groups attached to an aromatic ring is 1. The van der Waals surface area contributed by atoms with Gasteiger partial charge in [0.1, 0.15) is 36.7 Å². The lowest BCUT2D eigenvalue weighted by molar-refractivity contribution is -0.193. The normalized spacial score (nSPS) is 13.7. The van der Waals surface area contributed by atoms with Crippen LogP contribution in [0.1, 0.15) is 29.5 Å². The smallest absolute Gasteiger partial charge is 0.490 e. The van der Waals surface area contributed by atoms with Crippen LogP contribution in [0.15, 0.2) is 78.9 Å². The van der Waals surface area contributed by atoms with Gasteiger partial charge in [-0.15, -0.1) is 0 Å². The zero-order valence-electron chi connectivity index (χ0n) is 26.8. The standard InChI is InChI=1S/C29H34N4O4.2C2HF3O2/c30-24(20-35-27-8-4-7-23(18-27)28(31)32)17-21-9-11-25(12-10-21)37-26-13-15-33(16-14-26)29(34)36-19-22-5-2-1-3-6-22;2*3-2(4,5)1(6)7/h1-12,18,24,26H,13-17,19-20,30H2,(H3,31,32);2*(H,6,7)/t24-;;/m0../s1. The largest absolute Gasteiger partial charge is 0.492 e. The highest BCUT2D eigenvalue weighted by molar-refractivity contribution is 5.95. The van der Waals surface area contributed by atoms with E-state index in [1.165, 1.54) is 0 Å². The number of nitrogens with zero attached hydrogens (tertiary/aromatic N) is 1. The number of amidine groups is 1. The number of likely N-dealkylation sites (tertiary alicyclic amines) is 1. The molecule has 1 amide bonds. The van der Waals surface area contributed by atoms with E-state index in [1.807, 2.05) is 60.7 Å². The van der Waals surface area contributed by atoms with Gasteiger partial charge in [-0.2, -0.15) is 26.3 Å².